The monoisotopic (exact) mass is 837 g/mol. The lowest BCUT2D eigenvalue weighted by Gasteiger charge is -2.12. The van der Waals surface area contributed by atoms with E-state index < -0.39 is 52.5 Å². The second kappa shape index (κ2) is 19.5. The van der Waals surface area contributed by atoms with Crippen molar-refractivity contribution >= 4 is 86.6 Å². The SMILES string of the molecule is CCOc1cc(N=Nc2ccc3cccc(S(=O)(=O)O)c3c2)ccc1Cc1nc(SCCCS(=O)(=O)O)nc(SCCCS(=O)(=O)O)n1.O=S(=O)=O. The fourth-order valence-electron chi connectivity index (χ4n) is 4.24. The maximum atomic E-state index is 11.8. The van der Waals surface area contributed by atoms with Crippen molar-refractivity contribution in [2.24, 2.45) is 10.2 Å². The van der Waals surface area contributed by atoms with E-state index in [2.05, 4.69) is 25.2 Å². The molecular weight excluding hydrogens is 807 g/mol. The van der Waals surface area contributed by atoms with Gasteiger partial charge in [-0.15, -0.1) is 12.6 Å². The second-order valence-electron chi connectivity index (χ2n) is 10.2. The van der Waals surface area contributed by atoms with E-state index in [0.717, 1.165) is 0 Å². The summed E-state index contributed by atoms with van der Waals surface area (Å²) in [6.07, 6.45) is 0.523. The number of nitrogens with zero attached hydrogens (tertiary/aromatic N) is 5. The normalized spacial score (nSPS) is 12.1. The van der Waals surface area contributed by atoms with Crippen LogP contribution in [0.2, 0.25) is 0 Å². The fraction of sp³-hybridized carbons (Fsp3) is 0.321. The van der Waals surface area contributed by atoms with Crippen molar-refractivity contribution in [2.45, 2.75) is 41.4 Å². The third kappa shape index (κ3) is 15.5. The zero-order valence-electron chi connectivity index (χ0n) is 27.0. The molecule has 0 aliphatic rings. The van der Waals surface area contributed by atoms with E-state index in [9.17, 15) is 29.8 Å². The molecule has 3 N–H and O–H groups in total. The topological polar surface area (TPSA) is 287 Å². The molecule has 0 amide bonds. The van der Waals surface area contributed by atoms with E-state index in [1.165, 1.54) is 41.7 Å². The molecule has 0 spiro atoms. The molecule has 52 heavy (non-hydrogen) atoms. The number of ether oxygens (including phenoxy) is 1. The number of aromatic nitrogens is 3. The number of hydrogen-bond acceptors (Lipinski definition) is 17. The third-order valence-electron chi connectivity index (χ3n) is 6.28. The molecule has 0 unspecified atom stereocenters. The summed E-state index contributed by atoms with van der Waals surface area (Å²) in [5.41, 5.74) is 1.50. The van der Waals surface area contributed by atoms with Crippen LogP contribution in [0.15, 0.2) is 80.0 Å². The van der Waals surface area contributed by atoms with Crippen molar-refractivity contribution in [2.75, 3.05) is 29.6 Å². The first kappa shape index (κ1) is 42.8. The Morgan fingerprint density at radius 1 is 0.750 bits per heavy atom. The Bertz CT molecular complexity index is 2300. The van der Waals surface area contributed by atoms with Gasteiger partial charge < -0.3 is 4.74 Å². The van der Waals surface area contributed by atoms with Gasteiger partial charge in [0.25, 0.3) is 30.4 Å². The lowest BCUT2D eigenvalue weighted by Crippen LogP contribution is -2.07. The van der Waals surface area contributed by atoms with E-state index in [-0.39, 0.29) is 24.2 Å². The molecule has 0 aliphatic carbocycles. The molecule has 24 heteroatoms. The Morgan fingerprint density at radius 2 is 1.29 bits per heavy atom. The van der Waals surface area contributed by atoms with Gasteiger partial charge in [-0.3, -0.25) is 13.7 Å². The summed E-state index contributed by atoms with van der Waals surface area (Å²) in [5.74, 6) is 0.612. The molecule has 4 aromatic rings. The fourth-order valence-corrected chi connectivity index (χ4v) is 7.97. The van der Waals surface area contributed by atoms with E-state index >= 15 is 0 Å². The maximum absolute atomic E-state index is 11.8. The van der Waals surface area contributed by atoms with Gasteiger partial charge in [0.15, 0.2) is 10.3 Å². The zero-order chi connectivity index (χ0) is 38.5. The molecule has 0 saturated carbocycles. The summed E-state index contributed by atoms with van der Waals surface area (Å²) in [7, 11) is -15.8. The Kier molecular flexibility index (Phi) is 16.0. The number of thioether (sulfide) groups is 2. The number of rotatable bonds is 17. The van der Waals surface area contributed by atoms with Crippen LogP contribution in [-0.2, 0) is 47.4 Å². The molecule has 0 bridgehead atoms. The molecule has 0 saturated heterocycles. The largest absolute Gasteiger partial charge is 0.494 e. The molecule has 1 aromatic heterocycles. The number of benzene rings is 3. The number of hydrogen-bond donors (Lipinski definition) is 3. The molecule has 282 valence electrons. The summed E-state index contributed by atoms with van der Waals surface area (Å²) in [4.78, 5) is 13.1. The average molecular weight is 838 g/mol. The van der Waals surface area contributed by atoms with Crippen LogP contribution in [0.5, 0.6) is 5.75 Å². The van der Waals surface area contributed by atoms with Crippen LogP contribution >= 0.6 is 23.5 Å². The summed E-state index contributed by atoms with van der Waals surface area (Å²) < 4.78 is 127. The first-order valence-corrected chi connectivity index (χ1v) is 22.3. The Morgan fingerprint density at radius 3 is 1.81 bits per heavy atom. The van der Waals surface area contributed by atoms with Crippen molar-refractivity contribution in [3.05, 3.63) is 66.0 Å². The molecule has 0 radical (unpaired) electrons. The molecule has 0 atom stereocenters. The van der Waals surface area contributed by atoms with Crippen LogP contribution in [0.1, 0.15) is 31.2 Å². The van der Waals surface area contributed by atoms with E-state index in [4.69, 9.17) is 26.5 Å². The van der Waals surface area contributed by atoms with Gasteiger partial charge in [0.2, 0.25) is 0 Å². The predicted molar refractivity (Wildman–Crippen MR) is 191 cm³/mol. The highest BCUT2D eigenvalue weighted by Crippen LogP contribution is 2.31. The van der Waals surface area contributed by atoms with Gasteiger partial charge >= 0.3 is 10.6 Å². The van der Waals surface area contributed by atoms with E-state index in [0.29, 0.717) is 67.7 Å². The zero-order valence-corrected chi connectivity index (χ0v) is 31.9. The molecule has 0 fully saturated rings. The van der Waals surface area contributed by atoms with Gasteiger partial charge in [0.1, 0.15) is 16.5 Å². The van der Waals surface area contributed by atoms with Crippen molar-refractivity contribution < 1.29 is 56.3 Å². The van der Waals surface area contributed by atoms with Gasteiger partial charge in [-0.2, -0.15) is 40.5 Å². The van der Waals surface area contributed by atoms with Crippen LogP contribution in [0.25, 0.3) is 10.8 Å². The lowest BCUT2D eigenvalue weighted by molar-refractivity contribution is 0.337. The Labute approximate surface area is 309 Å². The summed E-state index contributed by atoms with van der Waals surface area (Å²) >= 11 is 2.35. The predicted octanol–water partition coefficient (Wildman–Crippen LogP) is 4.41. The summed E-state index contributed by atoms with van der Waals surface area (Å²) in [6, 6.07) is 14.5. The van der Waals surface area contributed by atoms with Gasteiger partial charge in [0.05, 0.1) is 29.5 Å². The lowest BCUT2D eigenvalue weighted by atomic mass is 10.1. The first-order chi connectivity index (χ1) is 24.3. The van der Waals surface area contributed by atoms with Crippen LogP contribution in [0.3, 0.4) is 0 Å². The number of fused-ring (bicyclic) bond motifs is 1. The van der Waals surface area contributed by atoms with Crippen molar-refractivity contribution in [1.82, 2.24) is 15.0 Å². The van der Waals surface area contributed by atoms with Gasteiger partial charge in [-0.1, -0.05) is 47.8 Å². The Balaban J connectivity index is 0.00000173. The van der Waals surface area contributed by atoms with Crippen molar-refractivity contribution in [3.8, 4) is 5.75 Å². The highest BCUT2D eigenvalue weighted by atomic mass is 32.2. The highest BCUT2D eigenvalue weighted by Gasteiger charge is 2.16. The van der Waals surface area contributed by atoms with Crippen LogP contribution in [0.4, 0.5) is 11.4 Å². The molecule has 0 aliphatic heterocycles. The second-order valence-corrected chi connectivity index (χ2v) is 17.3. The molecular formula is C28H31N5O13S6. The van der Waals surface area contributed by atoms with Crippen molar-refractivity contribution in [3.63, 3.8) is 0 Å². The minimum Gasteiger partial charge on any atom is -0.494 e. The average Bonchev–Trinajstić information content (AvgIpc) is 3.03. The molecule has 1 heterocycles. The maximum Gasteiger partial charge on any atom is 0.425 e. The minimum atomic E-state index is -4.45. The van der Waals surface area contributed by atoms with Crippen LogP contribution in [-0.4, -0.2) is 96.1 Å². The van der Waals surface area contributed by atoms with E-state index in [1.807, 2.05) is 6.92 Å². The van der Waals surface area contributed by atoms with Gasteiger partial charge in [0, 0.05) is 34.9 Å². The summed E-state index contributed by atoms with van der Waals surface area (Å²) in [5, 5.41) is 10.0. The quantitative estimate of drug-likeness (QED) is 0.0574. The summed E-state index contributed by atoms with van der Waals surface area (Å²) in [6.45, 7) is 2.14. The molecule has 4 rings (SSSR count). The minimum absolute atomic E-state index is 0.159. The first-order valence-electron chi connectivity index (χ1n) is 14.7. The van der Waals surface area contributed by atoms with Gasteiger partial charge in [-0.25, -0.2) is 9.97 Å². The smallest absolute Gasteiger partial charge is 0.425 e. The standard InChI is InChI=1S/C28H31N5O10S5.O3S/c1-2-43-24-18-22(33-32-21-10-8-19-6-3-7-25(23(19)17-21)48(40,41)42)11-9-20(24)16-26-29-27(44-12-4-14-46(34,35)36)31-28(30-26)45-13-5-15-47(37,38)39;1-4(2)3/h3,6-11,17-18H,2,4-5,12-16H2,1H3,(H,34,35,36)(H,37,38,39)(H,40,41,42);. The van der Waals surface area contributed by atoms with Crippen molar-refractivity contribution in [1.29, 1.82) is 0 Å². The van der Waals surface area contributed by atoms with Crippen LogP contribution < -0.4 is 4.74 Å². The molecule has 18 nitrogen and oxygen atoms in total. The van der Waals surface area contributed by atoms with E-state index in [1.54, 1.807) is 36.4 Å². The third-order valence-corrected chi connectivity index (χ3v) is 10.7. The Hall–Kier alpha value is -3.62. The highest BCUT2D eigenvalue weighted by molar-refractivity contribution is 7.99. The number of azo groups is 1. The molecule has 3 aromatic carbocycles. The van der Waals surface area contributed by atoms with Gasteiger partial charge in [-0.05, 0) is 49.4 Å². The van der Waals surface area contributed by atoms with Crippen LogP contribution in [0, 0.1) is 0 Å².